The highest BCUT2D eigenvalue weighted by Crippen LogP contribution is 2.46. The number of hydrogen-bond donors (Lipinski definition) is 1. The fourth-order valence-electron chi connectivity index (χ4n) is 3.80. The van der Waals surface area contributed by atoms with E-state index >= 15 is 4.39 Å². The molecule has 1 aliphatic rings. The summed E-state index contributed by atoms with van der Waals surface area (Å²) in [4.78, 5) is 0. The molecule has 0 bridgehead atoms. The highest BCUT2D eigenvalue weighted by atomic mass is 19.4. The van der Waals surface area contributed by atoms with Crippen molar-refractivity contribution in [1.82, 2.24) is 5.32 Å². The molecule has 0 saturated carbocycles. The van der Waals surface area contributed by atoms with Crippen molar-refractivity contribution in [3.63, 3.8) is 0 Å². The normalized spacial score (nSPS) is 26.8. The fourth-order valence-corrected chi connectivity index (χ4v) is 3.80. The first-order valence-corrected chi connectivity index (χ1v) is 10.1. The fraction of sp³-hybridized carbons (Fsp3) is 0.565. The van der Waals surface area contributed by atoms with Crippen LogP contribution in [0, 0.1) is 5.92 Å². The van der Waals surface area contributed by atoms with E-state index in [-0.39, 0.29) is 5.56 Å². The van der Waals surface area contributed by atoms with Gasteiger partial charge in [0, 0.05) is 24.2 Å². The van der Waals surface area contributed by atoms with E-state index in [0.717, 1.165) is 36.1 Å². The third kappa shape index (κ3) is 4.79. The minimum absolute atomic E-state index is 0.280. The lowest BCUT2D eigenvalue weighted by atomic mass is 9.74. The van der Waals surface area contributed by atoms with E-state index in [9.17, 15) is 13.2 Å². The number of fused-ring (bicyclic) bond motifs is 1. The number of allylic oxidation sites excluding steroid dienone is 3. The summed E-state index contributed by atoms with van der Waals surface area (Å²) in [6, 6.07) is 3.32. The van der Waals surface area contributed by atoms with Crippen LogP contribution in [-0.2, 0) is 11.8 Å². The molecule has 158 valence electrons. The highest BCUT2D eigenvalue weighted by molar-refractivity contribution is 5.72. The summed E-state index contributed by atoms with van der Waals surface area (Å²) in [5.74, 6) is -0.417. The molecule has 1 aromatic carbocycles. The van der Waals surface area contributed by atoms with Crippen LogP contribution >= 0.6 is 0 Å². The minimum atomic E-state index is -4.47. The molecule has 0 fully saturated rings. The Hall–Kier alpha value is -1.78. The molecule has 0 heterocycles. The smallest absolute Gasteiger partial charge is 0.388 e. The van der Waals surface area contributed by atoms with Crippen LogP contribution in [0.4, 0.5) is 17.6 Å². The Kier molecular flexibility index (Phi) is 8.33. The standard InChI is InChI=1S/C21H27F4N.C2H6/c1-6-8-14-11-19(26-5)17-12-15(21(23,24)25)9-10-18(17)20(4,22)13(3)16(14)7-2;1-2/h9-13,26H,6-8H2,1-5H3;1-2H3/b16-14-,19-11-;. The first-order valence-electron chi connectivity index (χ1n) is 10.1. The van der Waals surface area contributed by atoms with Gasteiger partial charge < -0.3 is 5.32 Å². The van der Waals surface area contributed by atoms with Crippen LogP contribution in [0.1, 0.15) is 77.5 Å². The third-order valence-electron chi connectivity index (χ3n) is 5.40. The molecule has 0 spiro atoms. The SMILES string of the molecule is CC.CCCC1=C(\CC)C(C)C(C)(F)c2ccc(C(F)(F)F)cc2\C(NC)=C\1. The number of rotatable bonds is 4. The average Bonchev–Trinajstić information content (AvgIpc) is 2.66. The second-order valence-electron chi connectivity index (χ2n) is 7.02. The zero-order chi connectivity index (χ0) is 21.7. The van der Waals surface area contributed by atoms with Gasteiger partial charge in [0.05, 0.1) is 5.56 Å². The zero-order valence-electron chi connectivity index (χ0n) is 18.0. The molecule has 1 nitrogen and oxygen atoms in total. The van der Waals surface area contributed by atoms with Crippen molar-refractivity contribution >= 4 is 5.70 Å². The van der Waals surface area contributed by atoms with Crippen molar-refractivity contribution in [2.75, 3.05) is 7.05 Å². The van der Waals surface area contributed by atoms with E-state index in [0.29, 0.717) is 17.7 Å². The Morgan fingerprint density at radius 3 is 2.21 bits per heavy atom. The maximum Gasteiger partial charge on any atom is 0.416 e. The summed E-state index contributed by atoms with van der Waals surface area (Å²) in [7, 11) is 1.66. The molecule has 2 unspecified atom stereocenters. The summed E-state index contributed by atoms with van der Waals surface area (Å²) in [6.07, 6.45) is -0.210. The molecule has 1 aromatic rings. The molecule has 0 amide bonds. The predicted octanol–water partition coefficient (Wildman–Crippen LogP) is 7.63. The quantitative estimate of drug-likeness (QED) is 0.513. The molecule has 0 aromatic heterocycles. The van der Waals surface area contributed by atoms with E-state index in [4.69, 9.17) is 0 Å². The van der Waals surface area contributed by atoms with Crippen LogP contribution in [0.25, 0.3) is 5.70 Å². The Bertz CT molecular complexity index is 727. The molecule has 28 heavy (non-hydrogen) atoms. The third-order valence-corrected chi connectivity index (χ3v) is 5.40. The topological polar surface area (TPSA) is 12.0 Å². The van der Waals surface area contributed by atoms with Crippen LogP contribution in [-0.4, -0.2) is 7.05 Å². The number of halogens is 4. The maximum atomic E-state index is 15.9. The summed E-state index contributed by atoms with van der Waals surface area (Å²) in [5.41, 5.74) is 0.603. The van der Waals surface area contributed by atoms with Crippen molar-refractivity contribution in [1.29, 1.82) is 0 Å². The van der Waals surface area contributed by atoms with E-state index in [2.05, 4.69) is 5.32 Å². The van der Waals surface area contributed by atoms with Gasteiger partial charge >= 0.3 is 6.18 Å². The van der Waals surface area contributed by atoms with Gasteiger partial charge in [-0.1, -0.05) is 52.7 Å². The summed E-state index contributed by atoms with van der Waals surface area (Å²) in [6.45, 7) is 11.3. The monoisotopic (exact) mass is 399 g/mol. The van der Waals surface area contributed by atoms with E-state index in [1.165, 1.54) is 13.0 Å². The zero-order valence-corrected chi connectivity index (χ0v) is 18.0. The average molecular weight is 400 g/mol. The van der Waals surface area contributed by atoms with Crippen LogP contribution < -0.4 is 5.32 Å². The predicted molar refractivity (Wildman–Crippen MR) is 110 cm³/mol. The van der Waals surface area contributed by atoms with Gasteiger partial charge in [-0.15, -0.1) is 0 Å². The van der Waals surface area contributed by atoms with Gasteiger partial charge in [-0.25, -0.2) is 4.39 Å². The lowest BCUT2D eigenvalue weighted by Crippen LogP contribution is -2.30. The second kappa shape index (κ2) is 9.62. The molecule has 2 atom stereocenters. The lowest BCUT2D eigenvalue weighted by molar-refractivity contribution is -0.137. The van der Waals surface area contributed by atoms with Gasteiger partial charge in [-0.05, 0) is 49.1 Å². The molecule has 0 saturated heterocycles. The van der Waals surface area contributed by atoms with E-state index in [1.807, 2.05) is 40.7 Å². The van der Waals surface area contributed by atoms with E-state index < -0.39 is 23.3 Å². The summed E-state index contributed by atoms with van der Waals surface area (Å²) < 4.78 is 55.5. The Morgan fingerprint density at radius 1 is 1.14 bits per heavy atom. The number of nitrogens with one attached hydrogen (secondary N) is 1. The van der Waals surface area contributed by atoms with Crippen molar-refractivity contribution in [2.24, 2.45) is 5.92 Å². The lowest BCUT2D eigenvalue weighted by Gasteiger charge is -2.35. The van der Waals surface area contributed by atoms with Gasteiger partial charge in [-0.2, -0.15) is 13.2 Å². The molecule has 5 heteroatoms. The number of hydrogen-bond acceptors (Lipinski definition) is 1. The van der Waals surface area contributed by atoms with Crippen LogP contribution in [0.3, 0.4) is 0 Å². The molecular weight excluding hydrogens is 366 g/mol. The Labute approximate surface area is 166 Å². The molecule has 0 aliphatic heterocycles. The van der Waals surface area contributed by atoms with Gasteiger partial charge in [0.15, 0.2) is 0 Å². The molecule has 1 aliphatic carbocycles. The first kappa shape index (κ1) is 24.3. The number of alkyl halides is 4. The first-order chi connectivity index (χ1) is 13.1. The molecular formula is C23H33F4N. The summed E-state index contributed by atoms with van der Waals surface area (Å²) in [5, 5.41) is 2.99. The Morgan fingerprint density at radius 2 is 1.75 bits per heavy atom. The highest BCUT2D eigenvalue weighted by Gasteiger charge is 2.40. The largest absolute Gasteiger partial charge is 0.416 e. The second-order valence-corrected chi connectivity index (χ2v) is 7.02. The minimum Gasteiger partial charge on any atom is -0.388 e. The van der Waals surface area contributed by atoms with Crippen molar-refractivity contribution in [3.05, 3.63) is 52.1 Å². The van der Waals surface area contributed by atoms with Crippen molar-refractivity contribution in [2.45, 2.75) is 72.6 Å². The summed E-state index contributed by atoms with van der Waals surface area (Å²) >= 11 is 0. The molecule has 1 N–H and O–H groups in total. The van der Waals surface area contributed by atoms with Crippen molar-refractivity contribution in [3.8, 4) is 0 Å². The molecule has 0 radical (unpaired) electrons. The van der Waals surface area contributed by atoms with E-state index in [1.54, 1.807) is 7.05 Å². The number of benzene rings is 1. The van der Waals surface area contributed by atoms with Crippen LogP contribution in [0.5, 0.6) is 0 Å². The van der Waals surface area contributed by atoms with Gasteiger partial charge in [-0.3, -0.25) is 0 Å². The van der Waals surface area contributed by atoms with Crippen LogP contribution in [0.15, 0.2) is 35.4 Å². The van der Waals surface area contributed by atoms with Gasteiger partial charge in [0.1, 0.15) is 5.67 Å². The maximum absolute atomic E-state index is 15.9. The van der Waals surface area contributed by atoms with Crippen molar-refractivity contribution < 1.29 is 17.6 Å². The molecule has 2 rings (SSSR count). The van der Waals surface area contributed by atoms with Gasteiger partial charge in [0.2, 0.25) is 0 Å². The Balaban J connectivity index is 0.00000190. The van der Waals surface area contributed by atoms with Gasteiger partial charge in [0.25, 0.3) is 0 Å². The van der Waals surface area contributed by atoms with Crippen LogP contribution in [0.2, 0.25) is 0 Å².